The lowest BCUT2D eigenvalue weighted by Crippen LogP contribution is -2.63. The molecule has 1 saturated heterocycles. The van der Waals surface area contributed by atoms with E-state index in [9.17, 15) is 24.0 Å². The quantitative estimate of drug-likeness (QED) is 0.0589. The predicted molar refractivity (Wildman–Crippen MR) is 250 cm³/mol. The Morgan fingerprint density at radius 3 is 0.903 bits per heavy atom. The van der Waals surface area contributed by atoms with Gasteiger partial charge in [0.2, 0.25) is 12.4 Å². The number of esters is 5. The number of ether oxygens (including phenoxy) is 16. The Balaban J connectivity index is 1.52. The minimum absolute atomic E-state index is 0.00285. The number of hydrogen-bond acceptors (Lipinski definition) is 21. The largest absolute Gasteiger partial charge is 0.493 e. The fourth-order valence-electron chi connectivity index (χ4n) is 7.31. The number of carbonyl (C=O) groups excluding carboxylic acids is 5. The highest BCUT2D eigenvalue weighted by molar-refractivity contribution is 5.93. The van der Waals surface area contributed by atoms with Gasteiger partial charge in [0.1, 0.15) is 12.7 Å². The van der Waals surface area contributed by atoms with E-state index in [1.54, 1.807) is 0 Å². The van der Waals surface area contributed by atoms with Gasteiger partial charge < -0.3 is 75.8 Å². The summed E-state index contributed by atoms with van der Waals surface area (Å²) in [6, 6.07) is 20.7. The van der Waals surface area contributed by atoms with Crippen LogP contribution in [0.25, 0.3) is 0 Å². The number of carbonyl (C=O) groups is 5. The second-order valence-electron chi connectivity index (χ2n) is 15.0. The standard InChI is InChI=1S/C51H52O21/c1-57-32-16-11-27(21-37(32)62-6)46(52)67-26-42-43(69-47(53)28-12-17-33(58-2)38(22-28)63-7)44(70-48(54)29-13-18-34(59-3)39(23-29)64-8)45(71-49(55)30-14-19-35(60-4)40(24-30)65-9)51(68-42)72-50(56)31-15-20-36(61-5)41(25-31)66-10/h11-25,42-45,51H,26H2,1-10H3/t42-,43-,44+,45-,51+/m1/s1. The zero-order valence-electron chi connectivity index (χ0n) is 40.8. The van der Waals surface area contributed by atoms with E-state index in [-0.39, 0.29) is 79.6 Å². The summed E-state index contributed by atoms with van der Waals surface area (Å²) in [5, 5.41) is 0. The number of benzene rings is 5. The molecule has 1 fully saturated rings. The molecular weight excluding hydrogens is 949 g/mol. The third kappa shape index (κ3) is 11.9. The molecule has 1 aliphatic rings. The summed E-state index contributed by atoms with van der Waals surface area (Å²) in [6.45, 7) is -0.776. The van der Waals surface area contributed by atoms with Gasteiger partial charge in [0.25, 0.3) is 0 Å². The highest BCUT2D eigenvalue weighted by Gasteiger charge is 2.55. The Hall–Kier alpha value is -8.59. The molecular formula is C51H52O21. The zero-order valence-corrected chi connectivity index (χ0v) is 40.8. The second kappa shape index (κ2) is 24.3. The summed E-state index contributed by atoms with van der Waals surface area (Å²) < 4.78 is 90.4. The van der Waals surface area contributed by atoms with Crippen molar-refractivity contribution in [2.45, 2.75) is 30.7 Å². The van der Waals surface area contributed by atoms with Gasteiger partial charge in [-0.2, -0.15) is 0 Å². The Labute approximate surface area is 413 Å². The van der Waals surface area contributed by atoms with Crippen molar-refractivity contribution in [1.29, 1.82) is 0 Å². The molecule has 5 atom stereocenters. The molecule has 72 heavy (non-hydrogen) atoms. The van der Waals surface area contributed by atoms with E-state index in [1.807, 2.05) is 0 Å². The molecule has 0 radical (unpaired) electrons. The summed E-state index contributed by atoms with van der Waals surface area (Å²) in [7, 11) is 13.8. The zero-order chi connectivity index (χ0) is 52.1. The summed E-state index contributed by atoms with van der Waals surface area (Å²) >= 11 is 0. The first-order valence-electron chi connectivity index (χ1n) is 21.5. The molecule has 0 N–H and O–H groups in total. The number of hydrogen-bond donors (Lipinski definition) is 0. The van der Waals surface area contributed by atoms with Crippen LogP contribution in [-0.2, 0) is 28.4 Å². The summed E-state index contributed by atoms with van der Waals surface area (Å²) in [6.07, 6.45) is -9.51. The van der Waals surface area contributed by atoms with Crippen molar-refractivity contribution in [3.63, 3.8) is 0 Å². The maximum atomic E-state index is 14.5. The van der Waals surface area contributed by atoms with Crippen LogP contribution in [0.5, 0.6) is 57.5 Å². The van der Waals surface area contributed by atoms with Crippen LogP contribution in [-0.4, -0.2) is 138 Å². The number of methoxy groups -OCH3 is 10. The molecule has 0 unspecified atom stereocenters. The molecule has 5 aromatic rings. The van der Waals surface area contributed by atoms with Crippen LogP contribution in [0, 0.1) is 0 Å². The van der Waals surface area contributed by atoms with Gasteiger partial charge in [-0.15, -0.1) is 0 Å². The lowest BCUT2D eigenvalue weighted by Gasteiger charge is -2.43. The van der Waals surface area contributed by atoms with Crippen LogP contribution in [0.1, 0.15) is 51.8 Å². The van der Waals surface area contributed by atoms with E-state index in [1.165, 1.54) is 162 Å². The molecule has 382 valence electrons. The SMILES string of the molecule is COc1ccc(C(=O)OC[C@H]2O[C@@H](OC(=O)c3ccc(OC)c(OC)c3)[C@H](OC(=O)c3ccc(OC)c(OC)c3)[C@@H](OC(=O)c3ccc(OC)c(OC)c3)[C@@H]2OC(=O)c2ccc(OC)c(OC)c2)cc1OC. The molecule has 5 aromatic carbocycles. The van der Waals surface area contributed by atoms with E-state index in [4.69, 9.17) is 75.8 Å². The molecule has 1 heterocycles. The van der Waals surface area contributed by atoms with Crippen LogP contribution >= 0.6 is 0 Å². The Kier molecular flexibility index (Phi) is 17.8. The van der Waals surface area contributed by atoms with Crippen LogP contribution in [0.15, 0.2) is 91.0 Å². The van der Waals surface area contributed by atoms with Crippen LogP contribution in [0.3, 0.4) is 0 Å². The molecule has 21 heteroatoms. The molecule has 21 nitrogen and oxygen atoms in total. The van der Waals surface area contributed by atoms with Gasteiger partial charge in [0.05, 0.1) is 98.9 Å². The topological polar surface area (TPSA) is 233 Å². The van der Waals surface area contributed by atoms with Crippen molar-refractivity contribution in [3.05, 3.63) is 119 Å². The average Bonchev–Trinajstić information content (AvgIpc) is 3.42. The van der Waals surface area contributed by atoms with Crippen LogP contribution in [0.4, 0.5) is 0 Å². The van der Waals surface area contributed by atoms with Gasteiger partial charge >= 0.3 is 29.8 Å². The minimum atomic E-state index is -2.03. The smallest absolute Gasteiger partial charge is 0.340 e. The average molecular weight is 1000 g/mol. The molecule has 6 rings (SSSR count). The Bertz CT molecular complexity index is 2750. The first-order chi connectivity index (χ1) is 34.8. The molecule has 0 aromatic heterocycles. The van der Waals surface area contributed by atoms with Crippen molar-refractivity contribution >= 4 is 29.8 Å². The first-order valence-corrected chi connectivity index (χ1v) is 21.5. The van der Waals surface area contributed by atoms with Gasteiger partial charge in [0, 0.05) is 0 Å². The molecule has 0 saturated carbocycles. The van der Waals surface area contributed by atoms with E-state index in [0.717, 1.165) is 0 Å². The van der Waals surface area contributed by atoms with Gasteiger partial charge in [-0.25, -0.2) is 24.0 Å². The van der Waals surface area contributed by atoms with Crippen LogP contribution in [0.2, 0.25) is 0 Å². The summed E-state index contributed by atoms with van der Waals surface area (Å²) in [5.41, 5.74) is -0.438. The van der Waals surface area contributed by atoms with E-state index < -0.39 is 67.2 Å². The van der Waals surface area contributed by atoms with E-state index >= 15 is 0 Å². The fraction of sp³-hybridized carbons (Fsp3) is 0.314. The van der Waals surface area contributed by atoms with Crippen molar-refractivity contribution in [2.75, 3.05) is 77.7 Å². The van der Waals surface area contributed by atoms with Gasteiger partial charge in [0.15, 0.2) is 69.7 Å². The molecule has 0 amide bonds. The summed E-state index contributed by atoms with van der Waals surface area (Å²) in [5.74, 6) is -3.06. The van der Waals surface area contributed by atoms with Crippen molar-refractivity contribution in [1.82, 2.24) is 0 Å². The van der Waals surface area contributed by atoms with Gasteiger partial charge in [-0.05, 0) is 91.0 Å². The highest BCUT2D eigenvalue weighted by atomic mass is 16.7. The van der Waals surface area contributed by atoms with E-state index in [0.29, 0.717) is 5.75 Å². The number of rotatable bonds is 21. The fourth-order valence-corrected chi connectivity index (χ4v) is 7.31. The molecule has 1 aliphatic heterocycles. The highest BCUT2D eigenvalue weighted by Crippen LogP contribution is 2.37. The maximum absolute atomic E-state index is 14.5. The second-order valence-corrected chi connectivity index (χ2v) is 15.0. The van der Waals surface area contributed by atoms with Crippen LogP contribution < -0.4 is 47.4 Å². The maximum Gasteiger partial charge on any atom is 0.340 e. The minimum Gasteiger partial charge on any atom is -0.493 e. The van der Waals surface area contributed by atoms with Gasteiger partial charge in [-0.1, -0.05) is 0 Å². The molecule has 0 bridgehead atoms. The lowest BCUT2D eigenvalue weighted by molar-refractivity contribution is -0.282. The summed E-state index contributed by atoms with van der Waals surface area (Å²) in [4.78, 5) is 71.3. The monoisotopic (exact) mass is 1000 g/mol. The molecule has 0 aliphatic carbocycles. The van der Waals surface area contributed by atoms with E-state index in [2.05, 4.69) is 0 Å². The molecule has 0 spiro atoms. The first kappa shape index (κ1) is 52.8. The van der Waals surface area contributed by atoms with Crippen molar-refractivity contribution < 1.29 is 99.8 Å². The Morgan fingerprint density at radius 1 is 0.333 bits per heavy atom. The van der Waals surface area contributed by atoms with Crippen molar-refractivity contribution in [3.8, 4) is 57.5 Å². The van der Waals surface area contributed by atoms with Crippen molar-refractivity contribution in [2.24, 2.45) is 0 Å². The third-order valence-electron chi connectivity index (χ3n) is 11.0. The Morgan fingerprint density at radius 2 is 0.597 bits per heavy atom. The normalized spacial score (nSPS) is 16.9. The third-order valence-corrected chi connectivity index (χ3v) is 11.0. The predicted octanol–water partition coefficient (Wildman–Crippen LogP) is 6.19. The lowest BCUT2D eigenvalue weighted by atomic mass is 9.97. The van der Waals surface area contributed by atoms with Gasteiger partial charge in [-0.3, -0.25) is 0 Å².